The van der Waals surface area contributed by atoms with Gasteiger partial charge in [-0.05, 0) is 54.0 Å². The molecule has 2 heterocycles. The fraction of sp³-hybridized carbons (Fsp3) is 0.421. The molecule has 2 nitrogen and oxygen atoms in total. The number of hydrogen-bond acceptors (Lipinski definition) is 2. The predicted molar refractivity (Wildman–Crippen MR) is 93.6 cm³/mol. The smallest absolute Gasteiger partial charge is 0.128 e. The van der Waals surface area contributed by atoms with Gasteiger partial charge in [-0.25, -0.2) is 4.98 Å². The number of nitrogens with zero attached hydrogens (tertiary/aromatic N) is 2. The highest BCUT2D eigenvalue weighted by molar-refractivity contribution is 6.30. The summed E-state index contributed by atoms with van der Waals surface area (Å²) in [6.45, 7) is 6.86. The molecule has 1 fully saturated rings. The number of piperidine rings is 1. The average molecular weight is 315 g/mol. The third-order valence-corrected chi connectivity index (χ3v) is 5.24. The quantitative estimate of drug-likeness (QED) is 0.792. The second-order valence-electron chi connectivity index (χ2n) is 6.41. The Morgan fingerprint density at radius 2 is 2.09 bits per heavy atom. The van der Waals surface area contributed by atoms with Gasteiger partial charge in [-0.15, -0.1) is 0 Å². The lowest BCUT2D eigenvalue weighted by molar-refractivity contribution is 0.263. The van der Waals surface area contributed by atoms with Crippen molar-refractivity contribution in [3.8, 4) is 0 Å². The van der Waals surface area contributed by atoms with Crippen LogP contribution in [0.4, 0.5) is 5.82 Å². The fourth-order valence-electron chi connectivity index (χ4n) is 3.54. The first-order valence-corrected chi connectivity index (χ1v) is 8.44. The number of rotatable bonds is 3. The van der Waals surface area contributed by atoms with E-state index in [1.807, 2.05) is 18.3 Å². The van der Waals surface area contributed by atoms with Gasteiger partial charge in [0.1, 0.15) is 5.82 Å². The summed E-state index contributed by atoms with van der Waals surface area (Å²) in [5.74, 6) is 2.93. The lowest BCUT2D eigenvalue weighted by Crippen LogP contribution is -2.42. The molecule has 3 atom stereocenters. The maximum Gasteiger partial charge on any atom is 0.128 e. The van der Waals surface area contributed by atoms with Gasteiger partial charge in [0.2, 0.25) is 0 Å². The SMILES string of the molecule is CC1CCN(c2ccccn2)CC1C(C)c1cccc(Cl)c1. The van der Waals surface area contributed by atoms with E-state index in [-0.39, 0.29) is 0 Å². The predicted octanol–water partition coefficient (Wildman–Crippen LogP) is 5.00. The molecule has 3 heteroatoms. The third kappa shape index (κ3) is 3.27. The maximum absolute atomic E-state index is 6.17. The molecule has 0 N–H and O–H groups in total. The molecule has 3 unspecified atom stereocenters. The fourth-order valence-corrected chi connectivity index (χ4v) is 3.73. The molecule has 22 heavy (non-hydrogen) atoms. The number of hydrogen-bond donors (Lipinski definition) is 0. The Labute approximate surface area is 138 Å². The number of benzene rings is 1. The molecule has 2 aromatic rings. The van der Waals surface area contributed by atoms with Crippen molar-refractivity contribution >= 4 is 17.4 Å². The highest BCUT2D eigenvalue weighted by Crippen LogP contribution is 2.36. The third-order valence-electron chi connectivity index (χ3n) is 5.01. The van der Waals surface area contributed by atoms with Crippen LogP contribution in [0.5, 0.6) is 0 Å². The van der Waals surface area contributed by atoms with Crippen molar-refractivity contribution in [2.75, 3.05) is 18.0 Å². The molecule has 0 bridgehead atoms. The zero-order chi connectivity index (χ0) is 15.5. The Morgan fingerprint density at radius 1 is 1.23 bits per heavy atom. The monoisotopic (exact) mass is 314 g/mol. The lowest BCUT2D eigenvalue weighted by atomic mass is 9.76. The number of aromatic nitrogens is 1. The van der Waals surface area contributed by atoms with Crippen LogP contribution in [0.25, 0.3) is 0 Å². The summed E-state index contributed by atoms with van der Waals surface area (Å²) in [4.78, 5) is 6.94. The van der Waals surface area contributed by atoms with Crippen molar-refractivity contribution in [1.29, 1.82) is 0 Å². The van der Waals surface area contributed by atoms with Crippen LogP contribution in [0.3, 0.4) is 0 Å². The largest absolute Gasteiger partial charge is 0.356 e. The van der Waals surface area contributed by atoms with Crippen LogP contribution in [-0.2, 0) is 0 Å². The Hall–Kier alpha value is -1.54. The van der Waals surface area contributed by atoms with Crippen LogP contribution >= 0.6 is 11.6 Å². The number of halogens is 1. The van der Waals surface area contributed by atoms with E-state index in [2.05, 4.69) is 54.1 Å². The summed E-state index contributed by atoms with van der Waals surface area (Å²) < 4.78 is 0. The molecule has 1 aromatic heterocycles. The van der Waals surface area contributed by atoms with Crippen LogP contribution in [-0.4, -0.2) is 18.1 Å². The van der Waals surface area contributed by atoms with E-state index in [4.69, 9.17) is 11.6 Å². The Morgan fingerprint density at radius 3 is 2.82 bits per heavy atom. The van der Waals surface area contributed by atoms with E-state index in [0.29, 0.717) is 17.8 Å². The summed E-state index contributed by atoms with van der Waals surface area (Å²) in [5, 5.41) is 0.828. The molecule has 0 saturated carbocycles. The van der Waals surface area contributed by atoms with Gasteiger partial charge in [0.15, 0.2) is 0 Å². The summed E-state index contributed by atoms with van der Waals surface area (Å²) in [6.07, 6.45) is 3.09. The van der Waals surface area contributed by atoms with Crippen molar-refractivity contribution in [3.63, 3.8) is 0 Å². The standard InChI is InChI=1S/C19H23ClN2/c1-14-9-11-22(19-8-3-4-10-21-19)13-18(14)15(2)16-6-5-7-17(20)12-16/h3-8,10,12,14-15,18H,9,11,13H2,1-2H3. The van der Waals surface area contributed by atoms with Crippen LogP contribution in [0.2, 0.25) is 5.02 Å². The van der Waals surface area contributed by atoms with Crippen LogP contribution < -0.4 is 4.90 Å². The molecule has 0 amide bonds. The molecule has 1 aliphatic rings. The van der Waals surface area contributed by atoms with Crippen LogP contribution in [0.15, 0.2) is 48.7 Å². The van der Waals surface area contributed by atoms with Gasteiger partial charge >= 0.3 is 0 Å². The molecular formula is C19H23ClN2. The lowest BCUT2D eigenvalue weighted by Gasteiger charge is -2.41. The van der Waals surface area contributed by atoms with Crippen LogP contribution in [0, 0.1) is 11.8 Å². The van der Waals surface area contributed by atoms with E-state index in [9.17, 15) is 0 Å². The Kier molecular flexibility index (Phi) is 4.68. The van der Waals surface area contributed by atoms with Crippen molar-refractivity contribution in [2.24, 2.45) is 11.8 Å². The molecule has 0 aliphatic carbocycles. The van der Waals surface area contributed by atoms with E-state index in [1.54, 1.807) is 0 Å². The first kappa shape index (κ1) is 15.4. The molecule has 116 valence electrons. The van der Waals surface area contributed by atoms with Gasteiger partial charge in [0.05, 0.1) is 0 Å². The average Bonchev–Trinajstić information content (AvgIpc) is 2.55. The molecule has 3 rings (SSSR count). The molecule has 0 spiro atoms. The first-order valence-electron chi connectivity index (χ1n) is 8.06. The summed E-state index contributed by atoms with van der Waals surface area (Å²) in [6, 6.07) is 14.5. The van der Waals surface area contributed by atoms with Crippen molar-refractivity contribution < 1.29 is 0 Å². The van der Waals surface area contributed by atoms with Crippen molar-refractivity contribution in [1.82, 2.24) is 4.98 Å². The maximum atomic E-state index is 6.17. The minimum Gasteiger partial charge on any atom is -0.356 e. The zero-order valence-corrected chi connectivity index (χ0v) is 14.0. The van der Waals surface area contributed by atoms with Gasteiger partial charge in [0.25, 0.3) is 0 Å². The molecule has 0 radical (unpaired) electrons. The minimum atomic E-state index is 0.500. The molecule has 1 aromatic carbocycles. The van der Waals surface area contributed by atoms with Gasteiger partial charge in [0, 0.05) is 24.3 Å². The first-order chi connectivity index (χ1) is 10.6. The minimum absolute atomic E-state index is 0.500. The van der Waals surface area contributed by atoms with Crippen molar-refractivity contribution in [2.45, 2.75) is 26.2 Å². The molecule has 1 aliphatic heterocycles. The molecule has 1 saturated heterocycles. The van der Waals surface area contributed by atoms with E-state index in [1.165, 1.54) is 12.0 Å². The van der Waals surface area contributed by atoms with Gasteiger partial charge < -0.3 is 4.90 Å². The number of anilines is 1. The van der Waals surface area contributed by atoms with Gasteiger partial charge in [-0.1, -0.05) is 43.6 Å². The summed E-state index contributed by atoms with van der Waals surface area (Å²) >= 11 is 6.17. The number of pyridine rings is 1. The van der Waals surface area contributed by atoms with Crippen LogP contribution in [0.1, 0.15) is 31.7 Å². The second-order valence-corrected chi connectivity index (χ2v) is 6.84. The van der Waals surface area contributed by atoms with E-state index >= 15 is 0 Å². The highest BCUT2D eigenvalue weighted by atomic mass is 35.5. The van der Waals surface area contributed by atoms with E-state index < -0.39 is 0 Å². The summed E-state index contributed by atoms with van der Waals surface area (Å²) in [7, 11) is 0. The second kappa shape index (κ2) is 6.70. The highest BCUT2D eigenvalue weighted by Gasteiger charge is 2.31. The van der Waals surface area contributed by atoms with Gasteiger partial charge in [-0.3, -0.25) is 0 Å². The van der Waals surface area contributed by atoms with Gasteiger partial charge in [-0.2, -0.15) is 0 Å². The van der Waals surface area contributed by atoms with E-state index in [0.717, 1.165) is 23.9 Å². The molecular weight excluding hydrogens is 292 g/mol. The summed E-state index contributed by atoms with van der Waals surface area (Å²) in [5.41, 5.74) is 1.34. The topological polar surface area (TPSA) is 16.1 Å². The van der Waals surface area contributed by atoms with Crippen molar-refractivity contribution in [3.05, 3.63) is 59.2 Å². The normalized spacial score (nSPS) is 23.3. The Balaban J connectivity index is 1.79. The zero-order valence-electron chi connectivity index (χ0n) is 13.2. The Bertz CT molecular complexity index is 614.